The van der Waals surface area contributed by atoms with Crippen LogP contribution < -0.4 is 4.74 Å². The molecule has 0 radical (unpaired) electrons. The Morgan fingerprint density at radius 2 is 1.79 bits per heavy atom. The van der Waals surface area contributed by atoms with Crippen LogP contribution in [0.15, 0.2) is 41.3 Å². The third kappa shape index (κ3) is 5.34. The molecule has 2 fully saturated rings. The zero-order valence-electron chi connectivity index (χ0n) is 17.4. The monoisotopic (exact) mass is 508 g/mol. The maximum Gasteiger partial charge on any atom is 0.294 e. The second-order valence-corrected chi connectivity index (χ2v) is 9.36. The Morgan fingerprint density at radius 3 is 2.45 bits per heavy atom. The van der Waals surface area contributed by atoms with E-state index >= 15 is 0 Å². The summed E-state index contributed by atoms with van der Waals surface area (Å²) in [6.07, 6.45) is 3.34. The number of imide groups is 1. The number of halogens is 3. The van der Waals surface area contributed by atoms with Gasteiger partial charge < -0.3 is 9.64 Å². The van der Waals surface area contributed by atoms with E-state index in [1.165, 1.54) is 24.3 Å². The molecule has 10 heteroatoms. The topological polar surface area (TPSA) is 66.9 Å². The number of hydrogen-bond acceptors (Lipinski definition) is 5. The summed E-state index contributed by atoms with van der Waals surface area (Å²) in [5, 5.41) is -0.150. The van der Waals surface area contributed by atoms with Crippen molar-refractivity contribution in [1.82, 2.24) is 9.80 Å². The lowest BCUT2D eigenvalue weighted by Crippen LogP contribution is -2.40. The molecule has 2 aliphatic rings. The molecule has 0 atom stereocenters. The van der Waals surface area contributed by atoms with Crippen molar-refractivity contribution in [3.8, 4) is 5.75 Å². The summed E-state index contributed by atoms with van der Waals surface area (Å²) in [7, 11) is 0. The summed E-state index contributed by atoms with van der Waals surface area (Å²) in [4.78, 5) is 40.2. The number of ether oxygens (including phenoxy) is 1. The van der Waals surface area contributed by atoms with Gasteiger partial charge in [0.25, 0.3) is 11.1 Å². The molecule has 2 aromatic rings. The highest BCUT2D eigenvalue weighted by atomic mass is 35.5. The van der Waals surface area contributed by atoms with Gasteiger partial charge in [0, 0.05) is 18.7 Å². The quantitative estimate of drug-likeness (QED) is 0.490. The Kier molecular flexibility index (Phi) is 7.26. The van der Waals surface area contributed by atoms with E-state index < -0.39 is 17.0 Å². The van der Waals surface area contributed by atoms with E-state index in [2.05, 4.69) is 0 Å². The molecule has 0 unspecified atom stereocenters. The normalized spacial score (nSPS) is 17.4. The largest absolute Gasteiger partial charge is 0.486 e. The lowest BCUT2D eigenvalue weighted by atomic mass is 10.2. The number of carbonyl (C=O) groups is 3. The van der Waals surface area contributed by atoms with E-state index in [9.17, 15) is 18.8 Å². The van der Waals surface area contributed by atoms with Crippen molar-refractivity contribution >= 4 is 58.1 Å². The summed E-state index contributed by atoms with van der Waals surface area (Å²) in [6, 6.07) is 9.27. The molecule has 4 rings (SSSR count). The van der Waals surface area contributed by atoms with Crippen LogP contribution in [-0.2, 0) is 16.2 Å². The Labute approximate surface area is 204 Å². The summed E-state index contributed by atoms with van der Waals surface area (Å²) in [6.45, 7) is 0.961. The van der Waals surface area contributed by atoms with Gasteiger partial charge in [-0.25, -0.2) is 4.39 Å². The molecule has 2 aliphatic heterocycles. The van der Waals surface area contributed by atoms with Gasteiger partial charge in [0.1, 0.15) is 19.0 Å². The number of amides is 3. The zero-order chi connectivity index (χ0) is 23.5. The van der Waals surface area contributed by atoms with Gasteiger partial charge in [-0.2, -0.15) is 0 Å². The summed E-state index contributed by atoms with van der Waals surface area (Å²) < 4.78 is 19.4. The van der Waals surface area contributed by atoms with Crippen molar-refractivity contribution in [3.63, 3.8) is 0 Å². The molecule has 0 aromatic heterocycles. The van der Waals surface area contributed by atoms with Crippen molar-refractivity contribution in [3.05, 3.63) is 68.3 Å². The maximum absolute atomic E-state index is 13.8. The van der Waals surface area contributed by atoms with Gasteiger partial charge in [-0.1, -0.05) is 41.4 Å². The number of thioether (sulfide) groups is 1. The first-order valence-corrected chi connectivity index (χ1v) is 11.8. The maximum atomic E-state index is 13.8. The number of benzene rings is 2. The van der Waals surface area contributed by atoms with E-state index in [0.717, 1.165) is 29.5 Å². The van der Waals surface area contributed by atoms with Crippen LogP contribution >= 0.6 is 35.0 Å². The Bertz CT molecular complexity index is 1130. The molecule has 6 nitrogen and oxygen atoms in total. The molecule has 33 heavy (non-hydrogen) atoms. The predicted octanol–water partition coefficient (Wildman–Crippen LogP) is 5.37. The van der Waals surface area contributed by atoms with Crippen LogP contribution in [0.25, 0.3) is 6.08 Å². The van der Waals surface area contributed by atoms with Gasteiger partial charge >= 0.3 is 0 Å². The van der Waals surface area contributed by atoms with Gasteiger partial charge in [0.15, 0.2) is 5.75 Å². The van der Waals surface area contributed by atoms with Gasteiger partial charge in [-0.3, -0.25) is 19.3 Å². The van der Waals surface area contributed by atoms with Crippen molar-refractivity contribution in [2.45, 2.75) is 19.4 Å². The Morgan fingerprint density at radius 1 is 1.12 bits per heavy atom. The Balaban J connectivity index is 1.47. The average Bonchev–Trinajstić information content (AvgIpc) is 3.39. The molecule has 0 aliphatic carbocycles. The smallest absolute Gasteiger partial charge is 0.294 e. The molecule has 2 saturated heterocycles. The minimum Gasteiger partial charge on any atom is -0.486 e. The fraction of sp³-hybridized carbons (Fsp3) is 0.261. The van der Waals surface area contributed by atoms with Gasteiger partial charge in [0.05, 0.1) is 15.0 Å². The predicted molar refractivity (Wildman–Crippen MR) is 126 cm³/mol. The van der Waals surface area contributed by atoms with Crippen LogP contribution in [-0.4, -0.2) is 46.5 Å². The summed E-state index contributed by atoms with van der Waals surface area (Å²) in [5.74, 6) is -0.994. The number of likely N-dealkylation sites (tertiary alicyclic amines) is 1. The zero-order valence-corrected chi connectivity index (χ0v) is 19.7. The standard InChI is InChI=1S/C23H19Cl2FN2O4S/c24-16-9-14(10-17(25)21(16)32-13-15-5-1-2-6-18(15)26)11-19-22(30)28(23(31)33-19)12-20(29)27-7-3-4-8-27/h1-2,5-6,9-11H,3-4,7-8,12-13H2/b19-11+. The van der Waals surface area contributed by atoms with E-state index in [1.54, 1.807) is 23.1 Å². The van der Waals surface area contributed by atoms with Gasteiger partial charge in [-0.05, 0) is 54.4 Å². The van der Waals surface area contributed by atoms with Crippen molar-refractivity contribution in [1.29, 1.82) is 0 Å². The molecule has 0 bridgehead atoms. The molecule has 0 N–H and O–H groups in total. The van der Waals surface area contributed by atoms with Crippen LogP contribution in [0.3, 0.4) is 0 Å². The first-order valence-electron chi connectivity index (χ1n) is 10.2. The number of rotatable bonds is 6. The fourth-order valence-corrected chi connectivity index (χ4v) is 5.01. The summed E-state index contributed by atoms with van der Waals surface area (Å²) >= 11 is 13.4. The van der Waals surface area contributed by atoms with E-state index in [-0.39, 0.29) is 39.8 Å². The lowest BCUT2D eigenvalue weighted by molar-refractivity contribution is -0.135. The summed E-state index contributed by atoms with van der Waals surface area (Å²) in [5.41, 5.74) is 0.838. The lowest BCUT2D eigenvalue weighted by Gasteiger charge is -2.18. The van der Waals surface area contributed by atoms with Gasteiger partial charge in [-0.15, -0.1) is 0 Å². The second-order valence-electron chi connectivity index (χ2n) is 7.55. The second kappa shape index (κ2) is 10.2. The fourth-order valence-electron chi connectivity index (χ4n) is 3.56. The van der Waals surface area contributed by atoms with E-state index in [0.29, 0.717) is 24.2 Å². The number of hydrogen-bond donors (Lipinski definition) is 0. The van der Waals surface area contributed by atoms with Crippen LogP contribution in [0.2, 0.25) is 10.0 Å². The van der Waals surface area contributed by atoms with Crippen LogP contribution in [0, 0.1) is 5.82 Å². The first kappa shape index (κ1) is 23.6. The van der Waals surface area contributed by atoms with Crippen molar-refractivity contribution in [2.24, 2.45) is 0 Å². The molecule has 172 valence electrons. The van der Waals surface area contributed by atoms with E-state index in [1.807, 2.05) is 0 Å². The minimum atomic E-state index is -0.537. The highest BCUT2D eigenvalue weighted by Gasteiger charge is 2.37. The third-order valence-corrected chi connectivity index (χ3v) is 6.74. The van der Waals surface area contributed by atoms with E-state index in [4.69, 9.17) is 27.9 Å². The number of nitrogens with zero attached hydrogens (tertiary/aromatic N) is 2. The molecule has 0 spiro atoms. The third-order valence-electron chi connectivity index (χ3n) is 5.27. The van der Waals surface area contributed by atoms with Crippen LogP contribution in [0.5, 0.6) is 5.75 Å². The SMILES string of the molecule is O=C(CN1C(=O)S/C(=C/c2cc(Cl)c(OCc3ccccc3F)c(Cl)c2)C1=O)N1CCCC1. The molecule has 2 heterocycles. The van der Waals surface area contributed by atoms with Crippen LogP contribution in [0.4, 0.5) is 9.18 Å². The van der Waals surface area contributed by atoms with Crippen LogP contribution in [0.1, 0.15) is 24.0 Å². The number of carbonyl (C=O) groups excluding carboxylic acids is 3. The minimum absolute atomic E-state index is 0.0601. The molecular weight excluding hydrogens is 490 g/mol. The molecule has 2 aromatic carbocycles. The van der Waals surface area contributed by atoms with Gasteiger partial charge in [0.2, 0.25) is 5.91 Å². The van der Waals surface area contributed by atoms with Crippen molar-refractivity contribution in [2.75, 3.05) is 19.6 Å². The Hall–Kier alpha value is -2.55. The molecule has 3 amide bonds. The highest BCUT2D eigenvalue weighted by Crippen LogP contribution is 2.38. The highest BCUT2D eigenvalue weighted by molar-refractivity contribution is 8.18. The first-order chi connectivity index (χ1) is 15.8. The molecular formula is C23H19Cl2FN2O4S. The average molecular weight is 509 g/mol. The van der Waals surface area contributed by atoms with Crippen molar-refractivity contribution < 1.29 is 23.5 Å². The molecule has 0 saturated carbocycles.